The lowest BCUT2D eigenvalue weighted by Crippen LogP contribution is -2.25. The highest BCUT2D eigenvalue weighted by molar-refractivity contribution is 5.95. The number of para-hydroxylation sites is 2. The molecule has 1 amide bonds. The van der Waals surface area contributed by atoms with Gasteiger partial charge in [-0.2, -0.15) is 0 Å². The highest BCUT2D eigenvalue weighted by Gasteiger charge is 2.24. The summed E-state index contributed by atoms with van der Waals surface area (Å²) >= 11 is 0. The maximum Gasteiger partial charge on any atom is 0.251 e. The summed E-state index contributed by atoms with van der Waals surface area (Å²) in [6.07, 6.45) is 3.91. The van der Waals surface area contributed by atoms with Gasteiger partial charge >= 0.3 is 0 Å². The van der Waals surface area contributed by atoms with Crippen LogP contribution in [0.1, 0.15) is 28.8 Å². The minimum Gasteiger partial charge on any atom is -0.363 e. The Morgan fingerprint density at radius 2 is 1.76 bits per heavy atom. The van der Waals surface area contributed by atoms with Crippen LogP contribution in [0.5, 0.6) is 0 Å². The van der Waals surface area contributed by atoms with Crippen LogP contribution >= 0.6 is 0 Å². The number of imidazole rings is 1. The fourth-order valence-corrected chi connectivity index (χ4v) is 4.11. The van der Waals surface area contributed by atoms with E-state index in [9.17, 15) is 9.18 Å². The lowest BCUT2D eigenvalue weighted by atomic mass is 10.1. The third-order valence-corrected chi connectivity index (χ3v) is 6.09. The van der Waals surface area contributed by atoms with Gasteiger partial charge in [-0.15, -0.1) is 0 Å². The molecule has 0 spiro atoms. The monoisotopic (exact) mass is 451 g/mol. The zero-order valence-electron chi connectivity index (χ0n) is 18.3. The Kier molecular flexibility index (Phi) is 4.95. The fraction of sp³-hybridized carbons (Fsp3) is 0.148. The van der Waals surface area contributed by atoms with E-state index in [1.165, 1.54) is 6.07 Å². The molecule has 3 aromatic carbocycles. The summed E-state index contributed by atoms with van der Waals surface area (Å²) in [5.74, 6) is 0.275. The number of nitrogens with zero attached hydrogens (tertiary/aromatic N) is 3. The van der Waals surface area contributed by atoms with Gasteiger partial charge in [-0.25, -0.2) is 14.4 Å². The van der Waals surface area contributed by atoms with Crippen LogP contribution in [-0.4, -0.2) is 26.3 Å². The van der Waals surface area contributed by atoms with Crippen LogP contribution in [-0.2, 0) is 6.54 Å². The number of carbonyl (C=O) groups excluding carboxylic acids is 1. The van der Waals surface area contributed by atoms with Gasteiger partial charge in [0.05, 0.1) is 22.9 Å². The number of benzene rings is 3. The highest BCUT2D eigenvalue weighted by Crippen LogP contribution is 2.29. The summed E-state index contributed by atoms with van der Waals surface area (Å²) in [4.78, 5) is 21.8. The van der Waals surface area contributed by atoms with Gasteiger partial charge in [-0.05, 0) is 43.2 Å². The molecule has 1 fully saturated rings. The van der Waals surface area contributed by atoms with Crippen molar-refractivity contribution in [2.24, 2.45) is 0 Å². The average molecular weight is 452 g/mol. The third-order valence-electron chi connectivity index (χ3n) is 6.09. The van der Waals surface area contributed by atoms with Gasteiger partial charge in [-0.3, -0.25) is 9.20 Å². The standard InChI is InChI=1S/C27H22FN5O/c28-21-6-2-1-5-19(21)15-29-25-26-30-16-24(33(26)23-8-4-3-7-22(23)32-25)17-9-11-18(12-10-17)27(34)31-20-13-14-20/h1-12,16,20H,13-15H2,(H,29,32)(H,31,34). The second-order valence-electron chi connectivity index (χ2n) is 8.52. The van der Waals surface area contributed by atoms with E-state index in [-0.39, 0.29) is 11.7 Å². The zero-order chi connectivity index (χ0) is 23.1. The number of carbonyl (C=O) groups is 1. The number of halogens is 1. The number of fused-ring (bicyclic) bond motifs is 3. The number of anilines is 1. The summed E-state index contributed by atoms with van der Waals surface area (Å²) in [5, 5.41) is 6.28. The molecule has 0 aliphatic heterocycles. The molecule has 2 heterocycles. The number of aromatic nitrogens is 3. The van der Waals surface area contributed by atoms with Crippen LogP contribution in [0, 0.1) is 5.82 Å². The Morgan fingerprint density at radius 1 is 1.00 bits per heavy atom. The Bertz CT molecular complexity index is 1520. The van der Waals surface area contributed by atoms with E-state index >= 15 is 0 Å². The number of hydrogen-bond acceptors (Lipinski definition) is 4. The predicted molar refractivity (Wildman–Crippen MR) is 130 cm³/mol. The number of hydrogen-bond donors (Lipinski definition) is 2. The molecule has 2 N–H and O–H groups in total. The summed E-state index contributed by atoms with van der Waals surface area (Å²) < 4.78 is 16.2. The molecule has 0 radical (unpaired) electrons. The van der Waals surface area contributed by atoms with Crippen molar-refractivity contribution >= 4 is 28.4 Å². The van der Waals surface area contributed by atoms with E-state index in [1.807, 2.05) is 59.0 Å². The molecule has 6 nitrogen and oxygen atoms in total. The molecule has 1 aliphatic carbocycles. The summed E-state index contributed by atoms with van der Waals surface area (Å²) in [7, 11) is 0. The molecular weight excluding hydrogens is 429 g/mol. The molecule has 1 aliphatic rings. The van der Waals surface area contributed by atoms with Crippen molar-refractivity contribution in [3.05, 3.63) is 95.9 Å². The number of amides is 1. The van der Waals surface area contributed by atoms with Gasteiger partial charge in [0.15, 0.2) is 11.5 Å². The van der Waals surface area contributed by atoms with Crippen molar-refractivity contribution < 1.29 is 9.18 Å². The fourth-order valence-electron chi connectivity index (χ4n) is 4.11. The Balaban J connectivity index is 1.40. The van der Waals surface area contributed by atoms with Crippen molar-refractivity contribution in [3.8, 4) is 11.3 Å². The second kappa shape index (κ2) is 8.26. The normalized spacial score (nSPS) is 13.3. The van der Waals surface area contributed by atoms with Crippen molar-refractivity contribution in [2.45, 2.75) is 25.4 Å². The molecule has 2 aromatic heterocycles. The summed E-state index contributed by atoms with van der Waals surface area (Å²) in [6, 6.07) is 22.4. The second-order valence-corrected chi connectivity index (χ2v) is 8.52. The molecule has 34 heavy (non-hydrogen) atoms. The lowest BCUT2D eigenvalue weighted by Gasteiger charge is -2.12. The van der Waals surface area contributed by atoms with Crippen LogP contribution in [0.3, 0.4) is 0 Å². The first-order valence-electron chi connectivity index (χ1n) is 11.3. The van der Waals surface area contributed by atoms with Crippen LogP contribution in [0.25, 0.3) is 27.9 Å². The molecule has 0 saturated heterocycles. The van der Waals surface area contributed by atoms with E-state index in [0.717, 1.165) is 35.1 Å². The van der Waals surface area contributed by atoms with Gasteiger partial charge in [-0.1, -0.05) is 42.5 Å². The van der Waals surface area contributed by atoms with Gasteiger partial charge < -0.3 is 10.6 Å². The SMILES string of the molecule is O=C(NC1CC1)c1ccc(-c2cnc3c(NCc4ccccc4F)nc4ccccc4n23)cc1. The van der Waals surface area contributed by atoms with E-state index in [1.54, 1.807) is 18.3 Å². The molecule has 0 bridgehead atoms. The zero-order valence-corrected chi connectivity index (χ0v) is 18.3. The highest BCUT2D eigenvalue weighted by atomic mass is 19.1. The van der Waals surface area contributed by atoms with Crippen molar-refractivity contribution in [1.82, 2.24) is 19.7 Å². The first-order valence-corrected chi connectivity index (χ1v) is 11.3. The smallest absolute Gasteiger partial charge is 0.251 e. The molecule has 6 rings (SSSR count). The molecule has 5 aromatic rings. The lowest BCUT2D eigenvalue weighted by molar-refractivity contribution is 0.0951. The maximum absolute atomic E-state index is 14.1. The van der Waals surface area contributed by atoms with Gasteiger partial charge in [0.2, 0.25) is 0 Å². The van der Waals surface area contributed by atoms with Gasteiger partial charge in [0.1, 0.15) is 5.82 Å². The van der Waals surface area contributed by atoms with E-state index in [0.29, 0.717) is 35.2 Å². The van der Waals surface area contributed by atoms with E-state index in [4.69, 9.17) is 4.98 Å². The molecule has 7 heteroatoms. The van der Waals surface area contributed by atoms with Crippen LogP contribution in [0.2, 0.25) is 0 Å². The minimum atomic E-state index is -0.262. The molecule has 0 unspecified atom stereocenters. The van der Waals surface area contributed by atoms with Crippen molar-refractivity contribution in [2.75, 3.05) is 5.32 Å². The largest absolute Gasteiger partial charge is 0.363 e. The first kappa shape index (κ1) is 20.4. The maximum atomic E-state index is 14.1. The Hall–Kier alpha value is -4.26. The minimum absolute atomic E-state index is 0.0403. The van der Waals surface area contributed by atoms with Crippen LogP contribution < -0.4 is 10.6 Å². The quantitative estimate of drug-likeness (QED) is 0.373. The van der Waals surface area contributed by atoms with E-state index in [2.05, 4.69) is 15.6 Å². The van der Waals surface area contributed by atoms with Crippen molar-refractivity contribution in [1.29, 1.82) is 0 Å². The van der Waals surface area contributed by atoms with Crippen molar-refractivity contribution in [3.63, 3.8) is 0 Å². The van der Waals surface area contributed by atoms with E-state index < -0.39 is 0 Å². The Morgan fingerprint density at radius 3 is 2.56 bits per heavy atom. The topological polar surface area (TPSA) is 71.3 Å². The summed E-state index contributed by atoms with van der Waals surface area (Å²) in [5.41, 5.74) is 5.39. The van der Waals surface area contributed by atoms with Gasteiger partial charge in [0, 0.05) is 29.3 Å². The van der Waals surface area contributed by atoms with Gasteiger partial charge in [0.25, 0.3) is 5.91 Å². The third kappa shape index (κ3) is 3.75. The molecule has 0 atom stereocenters. The van der Waals surface area contributed by atoms with Crippen LogP contribution in [0.15, 0.2) is 79.0 Å². The number of nitrogens with one attached hydrogen (secondary N) is 2. The first-order chi connectivity index (χ1) is 16.7. The predicted octanol–water partition coefficient (Wildman–Crippen LogP) is 5.19. The Labute approximate surface area is 195 Å². The summed E-state index contributed by atoms with van der Waals surface area (Å²) in [6.45, 7) is 0.292. The van der Waals surface area contributed by atoms with Crippen LogP contribution in [0.4, 0.5) is 10.2 Å². The molecular formula is C27H22FN5O. The number of rotatable bonds is 6. The molecule has 1 saturated carbocycles. The molecule has 168 valence electrons. The average Bonchev–Trinajstić information content (AvgIpc) is 3.57.